The summed E-state index contributed by atoms with van der Waals surface area (Å²) < 4.78 is 0. The normalized spacial score (nSPS) is 15.2. The van der Waals surface area contributed by atoms with E-state index in [1.54, 1.807) is 0 Å². The summed E-state index contributed by atoms with van der Waals surface area (Å²) in [6, 6.07) is 8.48. The Bertz CT molecular complexity index is 467. The third-order valence-electron chi connectivity index (χ3n) is 4.43. The number of piperazine rings is 1. The van der Waals surface area contributed by atoms with E-state index >= 15 is 0 Å². The summed E-state index contributed by atoms with van der Waals surface area (Å²) in [5, 5.41) is 0. The minimum atomic E-state index is 0.317. The number of unbranched alkanes of at least 4 members (excludes halogenated alkanes) is 3. The first-order valence-corrected chi connectivity index (χ1v) is 8.51. The van der Waals surface area contributed by atoms with E-state index in [0.29, 0.717) is 12.3 Å². The summed E-state index contributed by atoms with van der Waals surface area (Å²) in [7, 11) is 0. The maximum Gasteiger partial charge on any atom is 0.222 e. The van der Waals surface area contributed by atoms with Crippen molar-refractivity contribution >= 4 is 11.6 Å². The monoisotopic (exact) mass is 303 g/mol. The molecule has 1 saturated heterocycles. The fourth-order valence-corrected chi connectivity index (χ4v) is 3.05. The van der Waals surface area contributed by atoms with Gasteiger partial charge in [-0.15, -0.1) is 0 Å². The molecule has 1 fully saturated rings. The summed E-state index contributed by atoms with van der Waals surface area (Å²) >= 11 is 0. The van der Waals surface area contributed by atoms with Crippen LogP contribution < -0.4 is 10.6 Å². The van der Waals surface area contributed by atoms with Gasteiger partial charge < -0.3 is 15.5 Å². The highest BCUT2D eigenvalue weighted by molar-refractivity contribution is 5.76. The first-order chi connectivity index (χ1) is 10.7. The standard InChI is InChI=1S/C18H29N3O/c1-16-8-5-6-9-17(16)20-12-14-21(15-13-20)18(22)10-4-2-3-7-11-19/h5-6,8-9H,2-4,7,10-15,19H2,1H3. The molecule has 0 atom stereocenters. The lowest BCUT2D eigenvalue weighted by Gasteiger charge is -2.37. The lowest BCUT2D eigenvalue weighted by atomic mass is 10.1. The highest BCUT2D eigenvalue weighted by Crippen LogP contribution is 2.21. The molecule has 1 aromatic rings. The minimum Gasteiger partial charge on any atom is -0.368 e. The van der Waals surface area contributed by atoms with Crippen LogP contribution in [-0.4, -0.2) is 43.5 Å². The van der Waals surface area contributed by atoms with Crippen LogP contribution in [0.1, 0.15) is 37.7 Å². The zero-order valence-corrected chi connectivity index (χ0v) is 13.8. The Morgan fingerprint density at radius 2 is 1.73 bits per heavy atom. The van der Waals surface area contributed by atoms with Crippen LogP contribution in [0.4, 0.5) is 5.69 Å². The van der Waals surface area contributed by atoms with Gasteiger partial charge >= 0.3 is 0 Å². The van der Waals surface area contributed by atoms with E-state index in [-0.39, 0.29) is 0 Å². The van der Waals surface area contributed by atoms with Gasteiger partial charge in [-0.3, -0.25) is 4.79 Å². The highest BCUT2D eigenvalue weighted by Gasteiger charge is 2.21. The Morgan fingerprint density at radius 3 is 2.41 bits per heavy atom. The van der Waals surface area contributed by atoms with Gasteiger partial charge in [0.15, 0.2) is 0 Å². The largest absolute Gasteiger partial charge is 0.368 e. The lowest BCUT2D eigenvalue weighted by molar-refractivity contribution is -0.131. The van der Waals surface area contributed by atoms with E-state index in [4.69, 9.17) is 5.73 Å². The molecule has 122 valence electrons. The predicted molar refractivity (Wildman–Crippen MR) is 92.1 cm³/mol. The number of anilines is 1. The van der Waals surface area contributed by atoms with Gasteiger partial charge in [0.2, 0.25) is 5.91 Å². The summed E-state index contributed by atoms with van der Waals surface area (Å²) in [6.07, 6.45) is 5.02. The maximum atomic E-state index is 12.2. The van der Waals surface area contributed by atoms with Crippen LogP contribution in [0.5, 0.6) is 0 Å². The number of carbonyl (C=O) groups excluding carboxylic acids is 1. The number of para-hydroxylation sites is 1. The molecule has 2 N–H and O–H groups in total. The molecule has 4 nitrogen and oxygen atoms in total. The van der Waals surface area contributed by atoms with Crippen LogP contribution >= 0.6 is 0 Å². The van der Waals surface area contributed by atoms with Gasteiger partial charge in [0.1, 0.15) is 0 Å². The molecule has 0 unspecified atom stereocenters. The van der Waals surface area contributed by atoms with Gasteiger partial charge in [-0.05, 0) is 37.9 Å². The van der Waals surface area contributed by atoms with Crippen LogP contribution in [0.25, 0.3) is 0 Å². The third-order valence-corrected chi connectivity index (χ3v) is 4.43. The van der Waals surface area contributed by atoms with Crippen LogP contribution in [-0.2, 0) is 4.79 Å². The van der Waals surface area contributed by atoms with Crippen LogP contribution in [0.15, 0.2) is 24.3 Å². The van der Waals surface area contributed by atoms with E-state index in [2.05, 4.69) is 36.1 Å². The van der Waals surface area contributed by atoms with Gasteiger partial charge in [0.25, 0.3) is 0 Å². The van der Waals surface area contributed by atoms with Crippen molar-refractivity contribution in [3.05, 3.63) is 29.8 Å². The number of rotatable bonds is 7. The molecule has 0 aliphatic carbocycles. The first kappa shape index (κ1) is 16.8. The molecular formula is C18H29N3O. The molecule has 1 aliphatic rings. The molecule has 0 bridgehead atoms. The zero-order valence-electron chi connectivity index (χ0n) is 13.8. The van der Waals surface area contributed by atoms with Gasteiger partial charge in [-0.25, -0.2) is 0 Å². The van der Waals surface area contributed by atoms with Crippen molar-refractivity contribution in [3.8, 4) is 0 Å². The smallest absolute Gasteiger partial charge is 0.222 e. The number of hydrogen-bond donors (Lipinski definition) is 1. The fraction of sp³-hybridized carbons (Fsp3) is 0.611. The van der Waals surface area contributed by atoms with Gasteiger partial charge in [-0.1, -0.05) is 31.0 Å². The second-order valence-corrected chi connectivity index (χ2v) is 6.11. The molecule has 1 amide bonds. The average Bonchev–Trinajstić information content (AvgIpc) is 2.55. The lowest BCUT2D eigenvalue weighted by Crippen LogP contribution is -2.48. The van der Waals surface area contributed by atoms with Crippen molar-refractivity contribution in [2.24, 2.45) is 5.73 Å². The number of nitrogens with zero attached hydrogens (tertiary/aromatic N) is 2. The van der Waals surface area contributed by atoms with Gasteiger partial charge in [-0.2, -0.15) is 0 Å². The van der Waals surface area contributed by atoms with Crippen molar-refractivity contribution in [3.63, 3.8) is 0 Å². The Morgan fingerprint density at radius 1 is 1.05 bits per heavy atom. The van der Waals surface area contributed by atoms with Crippen LogP contribution in [0.2, 0.25) is 0 Å². The predicted octanol–water partition coefficient (Wildman–Crippen LogP) is 2.55. The Balaban J connectivity index is 1.72. The number of benzene rings is 1. The quantitative estimate of drug-likeness (QED) is 0.788. The van der Waals surface area contributed by atoms with Crippen molar-refractivity contribution in [2.45, 2.75) is 39.0 Å². The second kappa shape index (κ2) is 8.79. The molecule has 0 radical (unpaired) electrons. The molecule has 2 rings (SSSR count). The fourth-order valence-electron chi connectivity index (χ4n) is 3.05. The Kier molecular flexibility index (Phi) is 6.72. The summed E-state index contributed by atoms with van der Waals surface area (Å²) in [4.78, 5) is 16.6. The van der Waals surface area contributed by atoms with E-state index < -0.39 is 0 Å². The average molecular weight is 303 g/mol. The third kappa shape index (κ3) is 4.73. The zero-order chi connectivity index (χ0) is 15.8. The summed E-state index contributed by atoms with van der Waals surface area (Å²) in [6.45, 7) is 6.46. The number of aryl methyl sites for hydroxylation is 1. The van der Waals surface area contributed by atoms with E-state index in [0.717, 1.165) is 58.4 Å². The van der Waals surface area contributed by atoms with E-state index in [1.165, 1.54) is 11.3 Å². The number of carbonyl (C=O) groups is 1. The molecule has 1 aliphatic heterocycles. The summed E-state index contributed by atoms with van der Waals surface area (Å²) in [5.74, 6) is 0.317. The van der Waals surface area contributed by atoms with Crippen LogP contribution in [0.3, 0.4) is 0 Å². The molecular weight excluding hydrogens is 274 g/mol. The van der Waals surface area contributed by atoms with Crippen molar-refractivity contribution in [1.82, 2.24) is 4.90 Å². The number of nitrogens with two attached hydrogens (primary N) is 1. The maximum absolute atomic E-state index is 12.2. The molecule has 1 aromatic carbocycles. The number of amides is 1. The molecule has 0 saturated carbocycles. The molecule has 4 heteroatoms. The van der Waals surface area contributed by atoms with Gasteiger partial charge in [0, 0.05) is 38.3 Å². The van der Waals surface area contributed by atoms with E-state index in [1.807, 2.05) is 4.90 Å². The van der Waals surface area contributed by atoms with Crippen molar-refractivity contribution in [2.75, 3.05) is 37.6 Å². The second-order valence-electron chi connectivity index (χ2n) is 6.11. The summed E-state index contributed by atoms with van der Waals surface area (Å²) in [5.41, 5.74) is 8.09. The molecule has 22 heavy (non-hydrogen) atoms. The molecule has 0 spiro atoms. The molecule has 0 aromatic heterocycles. The SMILES string of the molecule is Cc1ccccc1N1CCN(C(=O)CCCCCCN)CC1. The minimum absolute atomic E-state index is 0.317. The van der Waals surface area contributed by atoms with Crippen molar-refractivity contribution < 1.29 is 4.79 Å². The van der Waals surface area contributed by atoms with Crippen LogP contribution in [0, 0.1) is 6.92 Å². The molecule has 1 heterocycles. The first-order valence-electron chi connectivity index (χ1n) is 8.51. The Hall–Kier alpha value is -1.55. The topological polar surface area (TPSA) is 49.6 Å². The van der Waals surface area contributed by atoms with Crippen molar-refractivity contribution in [1.29, 1.82) is 0 Å². The Labute approximate surface area is 134 Å². The van der Waals surface area contributed by atoms with E-state index in [9.17, 15) is 4.79 Å². The highest BCUT2D eigenvalue weighted by atomic mass is 16.2. The van der Waals surface area contributed by atoms with Gasteiger partial charge in [0.05, 0.1) is 0 Å². The number of hydrogen-bond acceptors (Lipinski definition) is 3.